The smallest absolute Gasteiger partial charge is 0.248 e. The van der Waals surface area contributed by atoms with Crippen molar-refractivity contribution in [3.05, 3.63) is 71.0 Å². The van der Waals surface area contributed by atoms with Crippen LogP contribution in [0, 0.1) is 5.82 Å². The molecule has 0 aliphatic carbocycles. The number of aliphatic imine (C=N–C) groups is 1. The zero-order chi connectivity index (χ0) is 18.2. The number of nitrogens with zero attached hydrogens (tertiary/aromatic N) is 2. The van der Waals surface area contributed by atoms with E-state index in [1.165, 1.54) is 12.1 Å². The summed E-state index contributed by atoms with van der Waals surface area (Å²) in [5.41, 5.74) is 7.70. The third-order valence-electron chi connectivity index (χ3n) is 3.68. The van der Waals surface area contributed by atoms with Crippen LogP contribution in [0.2, 0.25) is 0 Å². The first-order chi connectivity index (χ1) is 12.0. The SMILES string of the molecule is CCNC(=NCc1ccc(C(N)=O)cc1)N(C)Cc1ccc(F)cc1. The lowest BCUT2D eigenvalue weighted by Gasteiger charge is -2.22. The zero-order valence-corrected chi connectivity index (χ0v) is 14.5. The van der Waals surface area contributed by atoms with E-state index in [1.807, 2.05) is 31.0 Å². The van der Waals surface area contributed by atoms with Gasteiger partial charge in [-0.2, -0.15) is 0 Å². The predicted octanol–water partition coefficient (Wildman–Crippen LogP) is 2.52. The Bertz CT molecular complexity index is 726. The number of hydrogen-bond donors (Lipinski definition) is 2. The minimum atomic E-state index is -0.442. The number of nitrogens with one attached hydrogen (secondary N) is 1. The summed E-state index contributed by atoms with van der Waals surface area (Å²) in [7, 11) is 1.93. The Balaban J connectivity index is 2.05. The Hall–Kier alpha value is -2.89. The van der Waals surface area contributed by atoms with E-state index in [1.54, 1.807) is 24.3 Å². The Morgan fingerprint density at radius 2 is 1.72 bits per heavy atom. The van der Waals surface area contributed by atoms with Crippen molar-refractivity contribution in [1.29, 1.82) is 0 Å². The highest BCUT2D eigenvalue weighted by Crippen LogP contribution is 2.08. The summed E-state index contributed by atoms with van der Waals surface area (Å²) < 4.78 is 13.0. The Morgan fingerprint density at radius 1 is 1.12 bits per heavy atom. The molecule has 0 aliphatic rings. The minimum absolute atomic E-state index is 0.244. The number of hydrogen-bond acceptors (Lipinski definition) is 2. The van der Waals surface area contributed by atoms with Crippen LogP contribution in [-0.4, -0.2) is 30.4 Å². The molecule has 25 heavy (non-hydrogen) atoms. The second kappa shape index (κ2) is 8.82. The molecule has 6 heteroatoms. The molecule has 0 bridgehead atoms. The number of benzene rings is 2. The van der Waals surface area contributed by atoms with Crippen molar-refractivity contribution in [2.75, 3.05) is 13.6 Å². The standard InChI is InChI=1S/C19H23FN4O/c1-3-22-19(24(2)13-15-6-10-17(20)11-7-15)23-12-14-4-8-16(9-5-14)18(21)25/h4-11H,3,12-13H2,1-2H3,(H2,21,25)(H,22,23). The molecule has 2 aromatic carbocycles. The number of carbonyl (C=O) groups excluding carboxylic acids is 1. The van der Waals surface area contributed by atoms with Gasteiger partial charge in [0, 0.05) is 25.7 Å². The first-order valence-electron chi connectivity index (χ1n) is 8.12. The van der Waals surface area contributed by atoms with Crippen molar-refractivity contribution in [2.45, 2.75) is 20.0 Å². The molecule has 0 aromatic heterocycles. The lowest BCUT2D eigenvalue weighted by molar-refractivity contribution is 0.100. The Labute approximate surface area is 147 Å². The van der Waals surface area contributed by atoms with Crippen molar-refractivity contribution in [1.82, 2.24) is 10.2 Å². The molecular weight excluding hydrogens is 319 g/mol. The lowest BCUT2D eigenvalue weighted by atomic mass is 10.1. The Morgan fingerprint density at radius 3 is 2.28 bits per heavy atom. The maximum absolute atomic E-state index is 13.0. The first kappa shape index (κ1) is 18.4. The number of primary amides is 1. The van der Waals surface area contributed by atoms with Gasteiger partial charge in [0.15, 0.2) is 5.96 Å². The van der Waals surface area contributed by atoms with Crippen LogP contribution in [0.4, 0.5) is 4.39 Å². The van der Waals surface area contributed by atoms with Crippen LogP contribution in [0.3, 0.4) is 0 Å². The molecule has 0 aliphatic heterocycles. The molecule has 0 heterocycles. The number of carbonyl (C=O) groups is 1. The van der Waals surface area contributed by atoms with Crippen LogP contribution in [-0.2, 0) is 13.1 Å². The molecule has 3 N–H and O–H groups in total. The maximum Gasteiger partial charge on any atom is 0.248 e. The van der Waals surface area contributed by atoms with Crippen LogP contribution in [0.15, 0.2) is 53.5 Å². The highest BCUT2D eigenvalue weighted by atomic mass is 19.1. The molecule has 0 unspecified atom stereocenters. The molecule has 0 atom stereocenters. The molecular formula is C19H23FN4O. The predicted molar refractivity (Wildman–Crippen MR) is 97.6 cm³/mol. The van der Waals surface area contributed by atoms with Crippen LogP contribution in [0.1, 0.15) is 28.4 Å². The van der Waals surface area contributed by atoms with E-state index in [0.717, 1.165) is 23.6 Å². The normalized spacial score (nSPS) is 11.2. The summed E-state index contributed by atoms with van der Waals surface area (Å²) in [5.74, 6) is 0.0691. The fourth-order valence-electron chi connectivity index (χ4n) is 2.35. The average Bonchev–Trinajstić information content (AvgIpc) is 2.60. The fraction of sp³-hybridized carbons (Fsp3) is 0.263. The molecule has 5 nitrogen and oxygen atoms in total. The number of rotatable bonds is 6. The molecule has 0 saturated heterocycles. The van der Waals surface area contributed by atoms with Crippen molar-refractivity contribution < 1.29 is 9.18 Å². The zero-order valence-electron chi connectivity index (χ0n) is 14.5. The summed E-state index contributed by atoms with van der Waals surface area (Å²) in [6.45, 7) is 3.85. The van der Waals surface area contributed by atoms with E-state index in [2.05, 4.69) is 10.3 Å². The summed E-state index contributed by atoms with van der Waals surface area (Å²) >= 11 is 0. The third kappa shape index (κ3) is 5.60. The van der Waals surface area contributed by atoms with Gasteiger partial charge in [-0.1, -0.05) is 24.3 Å². The largest absolute Gasteiger partial charge is 0.366 e. The van der Waals surface area contributed by atoms with Crippen molar-refractivity contribution >= 4 is 11.9 Å². The number of guanidine groups is 1. The van der Waals surface area contributed by atoms with E-state index in [4.69, 9.17) is 5.73 Å². The van der Waals surface area contributed by atoms with E-state index >= 15 is 0 Å². The summed E-state index contributed by atoms with van der Waals surface area (Å²) in [6.07, 6.45) is 0. The van der Waals surface area contributed by atoms with E-state index in [9.17, 15) is 9.18 Å². The second-order valence-electron chi connectivity index (χ2n) is 5.71. The second-order valence-corrected chi connectivity index (χ2v) is 5.71. The van der Waals surface area contributed by atoms with Gasteiger partial charge in [-0.05, 0) is 42.3 Å². The molecule has 2 aromatic rings. The molecule has 132 valence electrons. The molecule has 0 fully saturated rings. The van der Waals surface area contributed by atoms with Crippen LogP contribution < -0.4 is 11.1 Å². The lowest BCUT2D eigenvalue weighted by Crippen LogP contribution is -2.38. The molecule has 0 radical (unpaired) electrons. The van der Waals surface area contributed by atoms with Gasteiger partial charge < -0.3 is 16.0 Å². The van der Waals surface area contributed by atoms with Gasteiger partial charge in [-0.15, -0.1) is 0 Å². The number of halogens is 1. The van der Waals surface area contributed by atoms with E-state index < -0.39 is 5.91 Å². The highest BCUT2D eigenvalue weighted by Gasteiger charge is 2.07. The van der Waals surface area contributed by atoms with Crippen molar-refractivity contribution in [3.63, 3.8) is 0 Å². The van der Waals surface area contributed by atoms with Gasteiger partial charge in [-0.3, -0.25) is 4.79 Å². The van der Waals surface area contributed by atoms with Gasteiger partial charge in [0.05, 0.1) is 6.54 Å². The minimum Gasteiger partial charge on any atom is -0.366 e. The van der Waals surface area contributed by atoms with Crippen molar-refractivity contribution in [2.24, 2.45) is 10.7 Å². The van der Waals surface area contributed by atoms with Crippen molar-refractivity contribution in [3.8, 4) is 0 Å². The summed E-state index contributed by atoms with van der Waals surface area (Å²) in [4.78, 5) is 17.7. The van der Waals surface area contributed by atoms with Gasteiger partial charge in [0.2, 0.25) is 5.91 Å². The summed E-state index contributed by atoms with van der Waals surface area (Å²) in [5, 5.41) is 3.24. The maximum atomic E-state index is 13.0. The molecule has 0 spiro atoms. The van der Waals surface area contributed by atoms with Gasteiger partial charge >= 0.3 is 0 Å². The van der Waals surface area contributed by atoms with Crippen LogP contribution >= 0.6 is 0 Å². The van der Waals surface area contributed by atoms with E-state index in [-0.39, 0.29) is 5.82 Å². The fourth-order valence-corrected chi connectivity index (χ4v) is 2.35. The summed E-state index contributed by atoms with van der Waals surface area (Å²) in [6, 6.07) is 13.5. The monoisotopic (exact) mass is 342 g/mol. The van der Waals surface area contributed by atoms with Crippen LogP contribution in [0.5, 0.6) is 0 Å². The Kier molecular flexibility index (Phi) is 6.51. The van der Waals surface area contributed by atoms with Gasteiger partial charge in [0.25, 0.3) is 0 Å². The number of nitrogens with two attached hydrogens (primary N) is 1. The molecule has 1 amide bonds. The number of amides is 1. The average molecular weight is 342 g/mol. The molecule has 2 rings (SSSR count). The quantitative estimate of drug-likeness (QED) is 0.626. The molecule has 0 saturated carbocycles. The third-order valence-corrected chi connectivity index (χ3v) is 3.68. The van der Waals surface area contributed by atoms with E-state index in [0.29, 0.717) is 18.7 Å². The highest BCUT2D eigenvalue weighted by molar-refractivity contribution is 5.92. The topological polar surface area (TPSA) is 70.7 Å². The van der Waals surface area contributed by atoms with Crippen LogP contribution in [0.25, 0.3) is 0 Å². The van der Waals surface area contributed by atoms with Gasteiger partial charge in [0.1, 0.15) is 5.82 Å². The first-order valence-corrected chi connectivity index (χ1v) is 8.12. The van der Waals surface area contributed by atoms with Gasteiger partial charge in [-0.25, -0.2) is 9.38 Å².